The number of benzene rings is 2. The van der Waals surface area contributed by atoms with Crippen molar-refractivity contribution in [3.8, 4) is 0 Å². The van der Waals surface area contributed by atoms with Crippen LogP contribution in [0.15, 0.2) is 65.7 Å². The fraction of sp³-hybridized carbons (Fsp3) is 0.167. The minimum Gasteiger partial charge on any atom is -0.326 e. The molecule has 0 saturated carbocycles. The van der Waals surface area contributed by atoms with Crippen molar-refractivity contribution in [1.29, 1.82) is 0 Å². The Hall–Kier alpha value is -2.08. The fourth-order valence-corrected chi connectivity index (χ4v) is 2.63. The second-order valence-corrected chi connectivity index (χ2v) is 6.07. The Balaban J connectivity index is 2.34. The molecule has 1 N–H and O–H groups in total. The third-order valence-corrected chi connectivity index (χ3v) is 4.00. The number of rotatable bonds is 5. The lowest BCUT2D eigenvalue weighted by Crippen LogP contribution is -2.23. The van der Waals surface area contributed by atoms with E-state index in [1.165, 1.54) is 24.3 Å². The normalized spacial score (nSPS) is 12.5. The summed E-state index contributed by atoms with van der Waals surface area (Å²) in [6, 6.07) is 11.9. The maximum Gasteiger partial charge on any atom is 0.416 e. The quantitative estimate of drug-likeness (QED) is 0.637. The van der Waals surface area contributed by atoms with Gasteiger partial charge >= 0.3 is 6.18 Å². The Morgan fingerprint density at radius 3 is 2.38 bits per heavy atom. The number of carbonyl (C=O) groups is 1. The molecule has 2 rings (SSSR count). The lowest BCUT2D eigenvalue weighted by atomic mass is 9.90. The van der Waals surface area contributed by atoms with Crippen molar-refractivity contribution in [2.75, 3.05) is 5.32 Å². The standard InChI is InChI=1S/C18H15BrF3NO/c1-2-5-15(14-6-3-4-7-16(14)18(20,21)22)17(24)23-13-10-8-12(19)9-11-13/h2-4,6-11,15H,1,5H2,(H,23,24). The summed E-state index contributed by atoms with van der Waals surface area (Å²) >= 11 is 3.28. The summed E-state index contributed by atoms with van der Waals surface area (Å²) in [5.41, 5.74) is -0.343. The fourth-order valence-electron chi connectivity index (χ4n) is 2.36. The van der Waals surface area contributed by atoms with Gasteiger partial charge in [-0.3, -0.25) is 4.79 Å². The average molecular weight is 398 g/mol. The van der Waals surface area contributed by atoms with Gasteiger partial charge in [0.15, 0.2) is 0 Å². The predicted octanol–water partition coefficient (Wildman–Crippen LogP) is 5.77. The van der Waals surface area contributed by atoms with Crippen molar-refractivity contribution in [1.82, 2.24) is 0 Å². The SMILES string of the molecule is C=CCC(C(=O)Nc1ccc(Br)cc1)c1ccccc1C(F)(F)F. The van der Waals surface area contributed by atoms with Gasteiger partial charge in [-0.2, -0.15) is 13.2 Å². The van der Waals surface area contributed by atoms with E-state index in [-0.39, 0.29) is 12.0 Å². The molecule has 0 aliphatic rings. The van der Waals surface area contributed by atoms with E-state index in [1.54, 1.807) is 24.3 Å². The molecule has 0 saturated heterocycles. The van der Waals surface area contributed by atoms with Crippen molar-refractivity contribution >= 4 is 27.5 Å². The summed E-state index contributed by atoms with van der Waals surface area (Å²) < 4.78 is 40.5. The third kappa shape index (κ3) is 4.47. The molecule has 0 radical (unpaired) electrons. The molecule has 0 spiro atoms. The maximum absolute atomic E-state index is 13.2. The van der Waals surface area contributed by atoms with Gasteiger partial charge in [0.2, 0.25) is 5.91 Å². The Morgan fingerprint density at radius 2 is 1.79 bits per heavy atom. The zero-order chi connectivity index (χ0) is 17.7. The summed E-state index contributed by atoms with van der Waals surface area (Å²) in [6.07, 6.45) is -2.97. The number of hydrogen-bond acceptors (Lipinski definition) is 1. The molecule has 2 aromatic carbocycles. The molecule has 2 nitrogen and oxygen atoms in total. The molecule has 0 heterocycles. The van der Waals surface area contributed by atoms with E-state index >= 15 is 0 Å². The minimum atomic E-state index is -4.52. The molecule has 1 amide bonds. The monoisotopic (exact) mass is 397 g/mol. The van der Waals surface area contributed by atoms with Crippen LogP contribution in [0.1, 0.15) is 23.5 Å². The summed E-state index contributed by atoms with van der Waals surface area (Å²) in [4.78, 5) is 12.5. The molecule has 0 fully saturated rings. The van der Waals surface area contributed by atoms with E-state index in [0.717, 1.165) is 10.5 Å². The lowest BCUT2D eigenvalue weighted by Gasteiger charge is -2.20. The molecule has 0 bridgehead atoms. The maximum atomic E-state index is 13.2. The van der Waals surface area contributed by atoms with Gasteiger partial charge in [-0.25, -0.2) is 0 Å². The van der Waals surface area contributed by atoms with Crippen LogP contribution in [0, 0.1) is 0 Å². The summed E-state index contributed by atoms with van der Waals surface area (Å²) in [5, 5.41) is 2.66. The summed E-state index contributed by atoms with van der Waals surface area (Å²) in [7, 11) is 0. The number of alkyl halides is 3. The Bertz CT molecular complexity index is 726. The summed E-state index contributed by atoms with van der Waals surface area (Å²) in [5.74, 6) is -1.47. The Labute approximate surface area is 146 Å². The van der Waals surface area contributed by atoms with Gasteiger partial charge in [0, 0.05) is 10.2 Å². The van der Waals surface area contributed by atoms with E-state index in [2.05, 4.69) is 27.8 Å². The van der Waals surface area contributed by atoms with Crippen molar-refractivity contribution in [2.24, 2.45) is 0 Å². The molecule has 0 aliphatic heterocycles. The van der Waals surface area contributed by atoms with Gasteiger partial charge in [0.25, 0.3) is 0 Å². The number of allylic oxidation sites excluding steroid dienone is 1. The molecule has 1 unspecified atom stereocenters. The van der Waals surface area contributed by atoms with Gasteiger partial charge < -0.3 is 5.32 Å². The van der Waals surface area contributed by atoms with Crippen LogP contribution in [-0.2, 0) is 11.0 Å². The van der Waals surface area contributed by atoms with Crippen LogP contribution in [0.4, 0.5) is 18.9 Å². The molecule has 24 heavy (non-hydrogen) atoms. The lowest BCUT2D eigenvalue weighted by molar-refractivity contribution is -0.138. The van der Waals surface area contributed by atoms with Gasteiger partial charge in [0.05, 0.1) is 11.5 Å². The highest BCUT2D eigenvalue weighted by Gasteiger charge is 2.36. The first-order valence-corrected chi connectivity index (χ1v) is 7.95. The molecule has 0 aliphatic carbocycles. The van der Waals surface area contributed by atoms with Crippen LogP contribution >= 0.6 is 15.9 Å². The Kier molecular flexibility index (Phi) is 5.83. The van der Waals surface area contributed by atoms with Gasteiger partial charge in [-0.05, 0) is 42.3 Å². The highest BCUT2D eigenvalue weighted by molar-refractivity contribution is 9.10. The topological polar surface area (TPSA) is 29.1 Å². The minimum absolute atomic E-state index is 0.0560. The molecular formula is C18H15BrF3NO. The van der Waals surface area contributed by atoms with Crippen LogP contribution < -0.4 is 5.32 Å². The predicted molar refractivity (Wildman–Crippen MR) is 91.8 cm³/mol. The van der Waals surface area contributed by atoms with Crippen LogP contribution in [0.25, 0.3) is 0 Å². The second-order valence-electron chi connectivity index (χ2n) is 5.16. The van der Waals surface area contributed by atoms with Gasteiger partial charge in [-0.1, -0.05) is 40.2 Å². The zero-order valence-electron chi connectivity index (χ0n) is 12.6. The molecule has 0 aromatic heterocycles. The third-order valence-electron chi connectivity index (χ3n) is 3.47. The molecule has 6 heteroatoms. The van der Waals surface area contributed by atoms with E-state index in [4.69, 9.17) is 0 Å². The van der Waals surface area contributed by atoms with Crippen LogP contribution in [-0.4, -0.2) is 5.91 Å². The van der Waals surface area contributed by atoms with Crippen molar-refractivity contribution in [3.05, 3.63) is 76.8 Å². The first-order chi connectivity index (χ1) is 11.3. The summed E-state index contributed by atoms with van der Waals surface area (Å²) in [6.45, 7) is 3.55. The highest BCUT2D eigenvalue weighted by atomic mass is 79.9. The highest BCUT2D eigenvalue weighted by Crippen LogP contribution is 2.36. The number of halogens is 4. The van der Waals surface area contributed by atoms with E-state index in [9.17, 15) is 18.0 Å². The second kappa shape index (κ2) is 7.66. The smallest absolute Gasteiger partial charge is 0.326 e. The number of hydrogen-bond donors (Lipinski definition) is 1. The molecule has 2 aromatic rings. The molecular weight excluding hydrogens is 383 g/mol. The van der Waals surface area contributed by atoms with Crippen molar-refractivity contribution in [2.45, 2.75) is 18.5 Å². The van der Waals surface area contributed by atoms with Crippen LogP contribution in [0.2, 0.25) is 0 Å². The van der Waals surface area contributed by atoms with Crippen molar-refractivity contribution in [3.63, 3.8) is 0 Å². The van der Waals surface area contributed by atoms with E-state index in [0.29, 0.717) is 5.69 Å². The zero-order valence-corrected chi connectivity index (χ0v) is 14.2. The first kappa shape index (κ1) is 18.3. The number of amides is 1. The Morgan fingerprint density at radius 1 is 1.17 bits per heavy atom. The first-order valence-electron chi connectivity index (χ1n) is 7.16. The van der Waals surface area contributed by atoms with Crippen LogP contribution in [0.5, 0.6) is 0 Å². The average Bonchev–Trinajstić information content (AvgIpc) is 2.54. The largest absolute Gasteiger partial charge is 0.416 e. The molecule has 1 atom stereocenters. The van der Waals surface area contributed by atoms with E-state index in [1.807, 2.05) is 0 Å². The number of carbonyl (C=O) groups excluding carboxylic acids is 1. The van der Waals surface area contributed by atoms with Gasteiger partial charge in [-0.15, -0.1) is 6.58 Å². The number of anilines is 1. The van der Waals surface area contributed by atoms with Crippen LogP contribution in [0.3, 0.4) is 0 Å². The number of nitrogens with one attached hydrogen (secondary N) is 1. The molecule has 126 valence electrons. The van der Waals surface area contributed by atoms with E-state index < -0.39 is 23.6 Å². The van der Waals surface area contributed by atoms with Crippen molar-refractivity contribution < 1.29 is 18.0 Å². The van der Waals surface area contributed by atoms with Gasteiger partial charge in [0.1, 0.15) is 0 Å².